The van der Waals surface area contributed by atoms with Crippen molar-refractivity contribution in [1.29, 1.82) is 0 Å². The van der Waals surface area contributed by atoms with Gasteiger partial charge in [-0.15, -0.1) is 0 Å². The number of H-pyrrole nitrogens is 1. The van der Waals surface area contributed by atoms with E-state index in [1.165, 1.54) is 24.7 Å². The Labute approximate surface area is 466 Å². The van der Waals surface area contributed by atoms with Gasteiger partial charge in [0.15, 0.2) is 5.96 Å². The Balaban J connectivity index is 2.42. The van der Waals surface area contributed by atoms with Gasteiger partial charge < -0.3 is 80.0 Å². The minimum Gasteiger partial charge on any atom is -0.508 e. The molecule has 2 rings (SSSR count). The number of hydrogen-bond donors (Lipinski definition) is 15. The zero-order valence-electron chi connectivity index (χ0n) is 47.5. The highest BCUT2D eigenvalue weighted by molar-refractivity contribution is 5.98. The standard InChI is InChI=1S/C53H86N14O13/c1-26(2)20-37(62-44(71)34(54)22-31-13-15-33(68)16-14-31)48(75)63-38(21-27(3)4)47(74)60-36(17-18-40(69)70)45(72)64-39(23-32-24-57-25-59-32)49(76)65-42(29(7)8)51(78)66-41(28(5)6)50(77)61-35(12-11-19-58-53(55)56)46(73)67-43(30(9)10)52(79)80/h13-16,24-30,34-39,41-43,68H,11-12,17-23,54H2,1-10H3,(H,57,59)(H,60,74)(H,61,77)(H,62,71)(H,63,75)(H,64,72)(H,65,76)(H,66,78)(H,67,73)(H,69,70)(H,79,80)(H4,55,56,58)/t34-,35-,36-,37-,38-,39-,41-,42-,43-/m0/s1. The van der Waals surface area contributed by atoms with Crippen LogP contribution in [0.5, 0.6) is 5.75 Å². The van der Waals surface area contributed by atoms with Crippen molar-refractivity contribution in [2.45, 2.75) is 175 Å². The second-order valence-corrected chi connectivity index (χ2v) is 21.7. The Kier molecular flexibility index (Phi) is 28.6. The van der Waals surface area contributed by atoms with E-state index in [9.17, 15) is 63.3 Å². The minimum atomic E-state index is -1.60. The number of guanidine groups is 1. The molecule has 27 heteroatoms. The Hall–Kier alpha value is -7.84. The van der Waals surface area contributed by atoms with Crippen LogP contribution in [-0.4, -0.2) is 151 Å². The van der Waals surface area contributed by atoms with E-state index in [0.29, 0.717) is 11.3 Å². The van der Waals surface area contributed by atoms with Crippen LogP contribution in [0.15, 0.2) is 41.8 Å². The van der Waals surface area contributed by atoms with Crippen LogP contribution in [0.2, 0.25) is 0 Å². The van der Waals surface area contributed by atoms with Crippen LogP contribution in [0.1, 0.15) is 119 Å². The molecule has 1 aromatic carbocycles. The third-order valence-electron chi connectivity index (χ3n) is 12.6. The second kappa shape index (κ2) is 33.6. The summed E-state index contributed by atoms with van der Waals surface area (Å²) in [6.07, 6.45) is 1.82. The van der Waals surface area contributed by atoms with E-state index >= 15 is 0 Å². The zero-order chi connectivity index (χ0) is 60.6. The molecule has 0 aliphatic rings. The number of carbonyl (C=O) groups excluding carboxylic acids is 8. The number of aromatic nitrogens is 2. The van der Waals surface area contributed by atoms with Crippen LogP contribution in [0.3, 0.4) is 0 Å². The number of carboxylic acids is 2. The van der Waals surface area contributed by atoms with Crippen LogP contribution < -0.4 is 59.7 Å². The van der Waals surface area contributed by atoms with Crippen LogP contribution in [-0.2, 0) is 60.8 Å². The first kappa shape index (κ1) is 68.3. The lowest BCUT2D eigenvalue weighted by Gasteiger charge is -2.30. The number of aromatic amines is 1. The summed E-state index contributed by atoms with van der Waals surface area (Å²) in [6.45, 7) is 17.0. The summed E-state index contributed by atoms with van der Waals surface area (Å²) >= 11 is 0. The number of carbonyl (C=O) groups is 10. The summed E-state index contributed by atoms with van der Waals surface area (Å²) in [5, 5.41) is 50.0. The number of phenolic OH excluding ortho intramolecular Hbond substituents is 1. The van der Waals surface area contributed by atoms with E-state index in [2.05, 4.69) is 57.5 Å². The molecule has 0 saturated heterocycles. The molecular formula is C53H86N14O13. The maximum atomic E-state index is 14.4. The first-order valence-electron chi connectivity index (χ1n) is 26.8. The zero-order valence-corrected chi connectivity index (χ0v) is 47.5. The molecule has 9 atom stereocenters. The van der Waals surface area contributed by atoms with Gasteiger partial charge in [0.05, 0.1) is 12.4 Å². The number of nitrogens with one attached hydrogen (secondary N) is 9. The number of rotatable bonds is 35. The molecule has 8 amide bonds. The fourth-order valence-electron chi connectivity index (χ4n) is 8.21. The fourth-order valence-corrected chi connectivity index (χ4v) is 8.21. The van der Waals surface area contributed by atoms with E-state index in [4.69, 9.17) is 17.2 Å². The first-order valence-corrected chi connectivity index (χ1v) is 26.8. The summed E-state index contributed by atoms with van der Waals surface area (Å²) in [7, 11) is 0. The van der Waals surface area contributed by atoms with Gasteiger partial charge >= 0.3 is 11.9 Å². The Morgan fingerprint density at radius 2 is 0.975 bits per heavy atom. The Morgan fingerprint density at radius 1 is 0.550 bits per heavy atom. The number of benzene rings is 1. The third-order valence-corrected chi connectivity index (χ3v) is 12.6. The molecule has 0 aliphatic heterocycles. The average molecular weight is 1130 g/mol. The topological polar surface area (TPSA) is 447 Å². The van der Waals surface area contributed by atoms with E-state index in [1.54, 1.807) is 67.5 Å². The number of aromatic hydroxyl groups is 1. The van der Waals surface area contributed by atoms with Gasteiger partial charge in [-0.3, -0.25) is 48.1 Å². The molecule has 1 aromatic heterocycles. The van der Waals surface area contributed by atoms with E-state index in [-0.39, 0.29) is 68.6 Å². The summed E-state index contributed by atoms with van der Waals surface area (Å²) < 4.78 is 0. The Morgan fingerprint density at radius 3 is 1.45 bits per heavy atom. The molecule has 0 saturated carbocycles. The number of hydrogen-bond acceptors (Lipinski definition) is 14. The lowest BCUT2D eigenvalue weighted by molar-refractivity contribution is -0.143. The van der Waals surface area contributed by atoms with Crippen molar-refractivity contribution in [2.24, 2.45) is 51.8 Å². The Bertz CT molecular complexity index is 2410. The smallest absolute Gasteiger partial charge is 0.326 e. The van der Waals surface area contributed by atoms with Crippen LogP contribution in [0, 0.1) is 29.6 Å². The number of phenols is 1. The lowest BCUT2D eigenvalue weighted by Crippen LogP contribution is -2.62. The van der Waals surface area contributed by atoms with Gasteiger partial charge in [0.25, 0.3) is 0 Å². The number of aliphatic carboxylic acids is 2. The first-order chi connectivity index (χ1) is 37.4. The minimum absolute atomic E-state index is 0.0253. The molecule has 0 radical (unpaired) electrons. The van der Waals surface area contributed by atoms with E-state index < -0.39 is 144 Å². The van der Waals surface area contributed by atoms with Gasteiger partial charge in [-0.2, -0.15) is 0 Å². The number of amides is 8. The lowest BCUT2D eigenvalue weighted by atomic mass is 9.98. The third kappa shape index (κ3) is 24.4. The van der Waals surface area contributed by atoms with Gasteiger partial charge in [0.1, 0.15) is 54.1 Å². The quantitative estimate of drug-likeness (QED) is 0.0228. The van der Waals surface area contributed by atoms with E-state index in [0.717, 1.165) is 0 Å². The van der Waals surface area contributed by atoms with Crippen LogP contribution in [0.4, 0.5) is 0 Å². The highest BCUT2D eigenvalue weighted by Crippen LogP contribution is 2.15. The fraction of sp³-hybridized carbons (Fsp3) is 0.623. The second-order valence-electron chi connectivity index (χ2n) is 21.7. The van der Waals surface area contributed by atoms with Gasteiger partial charge in [0.2, 0.25) is 47.3 Å². The summed E-state index contributed by atoms with van der Waals surface area (Å²) in [6, 6.07) is -5.78. The highest BCUT2D eigenvalue weighted by atomic mass is 16.4. The number of imidazole rings is 1. The predicted octanol–water partition coefficient (Wildman–Crippen LogP) is -0.831. The molecule has 0 bridgehead atoms. The number of nitrogens with zero attached hydrogens (tertiary/aromatic N) is 2. The summed E-state index contributed by atoms with van der Waals surface area (Å²) in [5.41, 5.74) is 18.1. The molecule has 80 heavy (non-hydrogen) atoms. The summed E-state index contributed by atoms with van der Waals surface area (Å²) in [4.78, 5) is 146. The summed E-state index contributed by atoms with van der Waals surface area (Å²) in [5.74, 6) is -11.5. The van der Waals surface area contributed by atoms with Crippen molar-refractivity contribution in [3.8, 4) is 5.75 Å². The molecule has 0 unspecified atom stereocenters. The SMILES string of the molecule is CC(C)C[C@H](NC(=O)[C@H](CC(C)C)NC(=O)[C@@H](N)Cc1ccc(O)cc1)C(=O)N[C@@H](CCC(=O)O)C(=O)N[C@@H](Cc1cnc[nH]1)C(=O)N[C@H](C(=O)N[C@H](C(=O)N[C@@H](CCCN=C(N)N)C(=O)N[C@H](C(=O)O)C(C)C)C(C)C)C(C)C. The van der Waals surface area contributed by atoms with Crippen molar-refractivity contribution in [1.82, 2.24) is 52.5 Å². The number of nitrogens with two attached hydrogens (primary N) is 3. The predicted molar refractivity (Wildman–Crippen MR) is 295 cm³/mol. The molecule has 0 spiro atoms. The maximum absolute atomic E-state index is 14.4. The van der Waals surface area contributed by atoms with Crippen molar-refractivity contribution in [2.75, 3.05) is 6.54 Å². The van der Waals surface area contributed by atoms with Gasteiger partial charge in [-0.1, -0.05) is 81.4 Å². The molecule has 2 aromatic rings. The largest absolute Gasteiger partial charge is 0.508 e. The maximum Gasteiger partial charge on any atom is 0.326 e. The molecule has 27 nitrogen and oxygen atoms in total. The normalized spacial score (nSPS) is 14.8. The molecule has 1 heterocycles. The van der Waals surface area contributed by atoms with Crippen molar-refractivity contribution in [3.05, 3.63) is 48.0 Å². The molecule has 18 N–H and O–H groups in total. The highest BCUT2D eigenvalue weighted by Gasteiger charge is 2.37. The molecular weight excluding hydrogens is 1040 g/mol. The average Bonchev–Trinajstić information content (AvgIpc) is 3.88. The van der Waals surface area contributed by atoms with Crippen LogP contribution >= 0.6 is 0 Å². The van der Waals surface area contributed by atoms with Crippen molar-refractivity contribution < 1.29 is 63.3 Å². The van der Waals surface area contributed by atoms with Crippen molar-refractivity contribution in [3.63, 3.8) is 0 Å². The number of carboxylic acid groups (broad SMARTS) is 2. The van der Waals surface area contributed by atoms with Gasteiger partial charge in [-0.25, -0.2) is 9.78 Å². The van der Waals surface area contributed by atoms with Gasteiger partial charge in [-0.05, 0) is 85.8 Å². The van der Waals surface area contributed by atoms with Crippen molar-refractivity contribution >= 4 is 65.2 Å². The molecule has 0 aliphatic carbocycles. The number of aliphatic imine (C=N–C) groups is 1. The molecule has 446 valence electrons. The van der Waals surface area contributed by atoms with Gasteiger partial charge in [0, 0.05) is 31.3 Å². The molecule has 0 fully saturated rings. The van der Waals surface area contributed by atoms with Crippen LogP contribution in [0.25, 0.3) is 0 Å². The van der Waals surface area contributed by atoms with E-state index in [1.807, 2.05) is 13.8 Å². The monoisotopic (exact) mass is 1130 g/mol.